The lowest BCUT2D eigenvalue weighted by Crippen LogP contribution is -2.36. The van der Waals surface area contributed by atoms with Crippen LogP contribution in [0.2, 0.25) is 0 Å². The molecule has 4 nitrogen and oxygen atoms in total. The SMILES string of the molecule is NC1COc2c[nH]cc2O1. The maximum absolute atomic E-state index is 5.45. The molecule has 0 aliphatic carbocycles. The molecule has 54 valence electrons. The van der Waals surface area contributed by atoms with Gasteiger partial charge in [-0.05, 0) is 0 Å². The minimum atomic E-state index is -0.330. The van der Waals surface area contributed by atoms with Crippen LogP contribution in [0.5, 0.6) is 11.5 Å². The number of hydrogen-bond donors (Lipinski definition) is 2. The second kappa shape index (κ2) is 1.91. The Hall–Kier alpha value is -1.16. The quantitative estimate of drug-likeness (QED) is 0.536. The highest BCUT2D eigenvalue weighted by Gasteiger charge is 2.17. The summed E-state index contributed by atoms with van der Waals surface area (Å²) in [5.74, 6) is 1.43. The molecule has 3 N–H and O–H groups in total. The minimum absolute atomic E-state index is 0.330. The first-order valence-corrected chi connectivity index (χ1v) is 3.08. The number of rotatable bonds is 0. The number of nitrogens with one attached hydrogen (secondary N) is 1. The summed E-state index contributed by atoms with van der Waals surface area (Å²) in [6.07, 6.45) is 3.12. The molecule has 2 heterocycles. The fourth-order valence-electron chi connectivity index (χ4n) is 0.909. The molecule has 0 radical (unpaired) electrons. The van der Waals surface area contributed by atoms with E-state index in [9.17, 15) is 0 Å². The highest BCUT2D eigenvalue weighted by atomic mass is 16.6. The Balaban J connectivity index is 2.30. The van der Waals surface area contributed by atoms with Crippen LogP contribution in [0.4, 0.5) is 0 Å². The van der Waals surface area contributed by atoms with E-state index >= 15 is 0 Å². The Morgan fingerprint density at radius 1 is 1.50 bits per heavy atom. The van der Waals surface area contributed by atoms with Crippen molar-refractivity contribution in [3.63, 3.8) is 0 Å². The summed E-state index contributed by atoms with van der Waals surface area (Å²) < 4.78 is 10.4. The van der Waals surface area contributed by atoms with Crippen molar-refractivity contribution in [3.05, 3.63) is 12.4 Å². The van der Waals surface area contributed by atoms with Crippen molar-refractivity contribution in [2.24, 2.45) is 5.73 Å². The van der Waals surface area contributed by atoms with Crippen LogP contribution in [0.25, 0.3) is 0 Å². The van der Waals surface area contributed by atoms with Crippen molar-refractivity contribution in [2.75, 3.05) is 6.61 Å². The number of nitrogens with two attached hydrogens (primary N) is 1. The lowest BCUT2D eigenvalue weighted by molar-refractivity contribution is 0.0972. The van der Waals surface area contributed by atoms with Crippen LogP contribution in [0.3, 0.4) is 0 Å². The smallest absolute Gasteiger partial charge is 0.182 e. The molecule has 1 aliphatic heterocycles. The molecule has 1 aliphatic rings. The van der Waals surface area contributed by atoms with E-state index in [1.807, 2.05) is 0 Å². The van der Waals surface area contributed by atoms with Crippen LogP contribution < -0.4 is 15.2 Å². The third-order valence-corrected chi connectivity index (χ3v) is 1.35. The van der Waals surface area contributed by atoms with Gasteiger partial charge in [0.15, 0.2) is 17.7 Å². The van der Waals surface area contributed by atoms with Crippen molar-refractivity contribution >= 4 is 0 Å². The molecule has 1 aromatic heterocycles. The first-order chi connectivity index (χ1) is 4.86. The van der Waals surface area contributed by atoms with E-state index in [1.54, 1.807) is 12.4 Å². The highest BCUT2D eigenvalue weighted by Crippen LogP contribution is 2.29. The molecule has 0 amide bonds. The van der Waals surface area contributed by atoms with Crippen LogP contribution >= 0.6 is 0 Å². The number of aromatic nitrogens is 1. The molecule has 1 unspecified atom stereocenters. The number of ether oxygens (including phenoxy) is 2. The minimum Gasteiger partial charge on any atom is -0.483 e. The second-order valence-electron chi connectivity index (χ2n) is 2.15. The summed E-state index contributed by atoms with van der Waals surface area (Å²) in [4.78, 5) is 2.86. The molecular formula is C6H8N2O2. The second-order valence-corrected chi connectivity index (χ2v) is 2.15. The van der Waals surface area contributed by atoms with Gasteiger partial charge in [-0.3, -0.25) is 5.73 Å². The van der Waals surface area contributed by atoms with E-state index in [0.29, 0.717) is 12.4 Å². The van der Waals surface area contributed by atoms with E-state index in [2.05, 4.69) is 4.98 Å². The van der Waals surface area contributed by atoms with E-state index in [0.717, 1.165) is 5.75 Å². The Bertz CT molecular complexity index is 233. The average molecular weight is 140 g/mol. The van der Waals surface area contributed by atoms with Gasteiger partial charge in [-0.2, -0.15) is 0 Å². The molecule has 1 aromatic rings. The summed E-state index contributed by atoms with van der Waals surface area (Å²) in [6.45, 7) is 0.421. The first kappa shape index (κ1) is 5.61. The average Bonchev–Trinajstić information content (AvgIpc) is 2.33. The van der Waals surface area contributed by atoms with Crippen molar-refractivity contribution in [2.45, 2.75) is 6.23 Å². The molecule has 2 rings (SSSR count). The highest BCUT2D eigenvalue weighted by molar-refractivity contribution is 5.37. The summed E-state index contributed by atoms with van der Waals surface area (Å²) in [5.41, 5.74) is 5.45. The summed E-state index contributed by atoms with van der Waals surface area (Å²) in [7, 11) is 0. The molecule has 1 atom stereocenters. The molecule has 0 saturated heterocycles. The van der Waals surface area contributed by atoms with Gasteiger partial charge < -0.3 is 14.5 Å². The molecular weight excluding hydrogens is 132 g/mol. The van der Waals surface area contributed by atoms with Gasteiger partial charge in [0, 0.05) is 12.4 Å². The van der Waals surface area contributed by atoms with Crippen LogP contribution in [0.1, 0.15) is 0 Å². The zero-order valence-electron chi connectivity index (χ0n) is 5.33. The van der Waals surface area contributed by atoms with Crippen LogP contribution in [0, 0.1) is 0 Å². The van der Waals surface area contributed by atoms with Gasteiger partial charge >= 0.3 is 0 Å². The number of hydrogen-bond acceptors (Lipinski definition) is 3. The third-order valence-electron chi connectivity index (χ3n) is 1.35. The van der Waals surface area contributed by atoms with Gasteiger partial charge in [-0.25, -0.2) is 0 Å². The fraction of sp³-hybridized carbons (Fsp3) is 0.333. The van der Waals surface area contributed by atoms with E-state index in [1.165, 1.54) is 0 Å². The predicted molar refractivity (Wildman–Crippen MR) is 34.9 cm³/mol. The van der Waals surface area contributed by atoms with Crippen LogP contribution in [-0.4, -0.2) is 17.8 Å². The zero-order valence-corrected chi connectivity index (χ0v) is 5.33. The maximum atomic E-state index is 5.45. The zero-order chi connectivity index (χ0) is 6.97. The van der Waals surface area contributed by atoms with Crippen molar-refractivity contribution < 1.29 is 9.47 Å². The first-order valence-electron chi connectivity index (χ1n) is 3.08. The summed E-state index contributed by atoms with van der Waals surface area (Å²) in [5, 5.41) is 0. The molecule has 0 fully saturated rings. The van der Waals surface area contributed by atoms with Crippen molar-refractivity contribution in [1.82, 2.24) is 4.98 Å². The largest absolute Gasteiger partial charge is 0.483 e. The number of H-pyrrole nitrogens is 1. The molecule has 4 heteroatoms. The Kier molecular flexibility index (Phi) is 1.07. The van der Waals surface area contributed by atoms with Crippen LogP contribution in [0.15, 0.2) is 12.4 Å². The molecule has 0 spiro atoms. The van der Waals surface area contributed by atoms with Crippen molar-refractivity contribution in [3.8, 4) is 11.5 Å². The van der Waals surface area contributed by atoms with E-state index in [4.69, 9.17) is 15.2 Å². The molecule has 10 heavy (non-hydrogen) atoms. The van der Waals surface area contributed by atoms with E-state index in [-0.39, 0.29) is 6.23 Å². The number of fused-ring (bicyclic) bond motifs is 1. The third kappa shape index (κ3) is 0.733. The maximum Gasteiger partial charge on any atom is 0.182 e. The van der Waals surface area contributed by atoms with Crippen molar-refractivity contribution in [1.29, 1.82) is 0 Å². The molecule has 0 saturated carbocycles. The lowest BCUT2D eigenvalue weighted by Gasteiger charge is -2.20. The topological polar surface area (TPSA) is 60.3 Å². The monoisotopic (exact) mass is 140 g/mol. The molecule has 0 aromatic carbocycles. The predicted octanol–water partition coefficient (Wildman–Crippen LogP) is 0.0707. The van der Waals surface area contributed by atoms with Gasteiger partial charge in [0.2, 0.25) is 0 Å². The number of aromatic amines is 1. The van der Waals surface area contributed by atoms with Gasteiger partial charge in [0.1, 0.15) is 6.61 Å². The Morgan fingerprint density at radius 2 is 2.30 bits per heavy atom. The normalized spacial score (nSPS) is 22.7. The standard InChI is InChI=1S/C6H8N2O2/c7-6-3-9-4-1-8-2-5(4)10-6/h1-2,6,8H,3,7H2. The molecule has 0 bridgehead atoms. The van der Waals surface area contributed by atoms with Gasteiger partial charge in [-0.15, -0.1) is 0 Å². The Morgan fingerprint density at radius 3 is 3.20 bits per heavy atom. The van der Waals surface area contributed by atoms with Gasteiger partial charge in [-0.1, -0.05) is 0 Å². The van der Waals surface area contributed by atoms with Gasteiger partial charge in [0.25, 0.3) is 0 Å². The fourth-order valence-corrected chi connectivity index (χ4v) is 0.909. The van der Waals surface area contributed by atoms with Crippen LogP contribution in [-0.2, 0) is 0 Å². The summed E-state index contributed by atoms with van der Waals surface area (Å²) >= 11 is 0. The van der Waals surface area contributed by atoms with Gasteiger partial charge in [0.05, 0.1) is 0 Å². The summed E-state index contributed by atoms with van der Waals surface area (Å²) in [6, 6.07) is 0. The lowest BCUT2D eigenvalue weighted by atomic mass is 10.4. The Labute approximate surface area is 57.9 Å². The van der Waals surface area contributed by atoms with E-state index < -0.39 is 0 Å².